The van der Waals surface area contributed by atoms with E-state index in [0.29, 0.717) is 25.4 Å². The van der Waals surface area contributed by atoms with Crippen molar-refractivity contribution in [2.24, 2.45) is 5.92 Å². The van der Waals surface area contributed by atoms with E-state index < -0.39 is 5.97 Å². The summed E-state index contributed by atoms with van der Waals surface area (Å²) in [6, 6.07) is 8.49. The van der Waals surface area contributed by atoms with Gasteiger partial charge in [-0.15, -0.1) is 0 Å². The molecule has 2 atom stereocenters. The highest BCUT2D eigenvalue weighted by molar-refractivity contribution is 5.79. The first-order chi connectivity index (χ1) is 13.4. The van der Waals surface area contributed by atoms with Gasteiger partial charge in [0.05, 0.1) is 6.42 Å². The van der Waals surface area contributed by atoms with Crippen molar-refractivity contribution >= 4 is 11.9 Å². The van der Waals surface area contributed by atoms with Crippen molar-refractivity contribution in [1.82, 2.24) is 14.7 Å². The maximum Gasteiger partial charge on any atom is 0.303 e. The molecule has 2 aliphatic rings. The summed E-state index contributed by atoms with van der Waals surface area (Å²) in [5.41, 5.74) is 2.21. The molecule has 0 aromatic heterocycles. The zero-order chi connectivity index (χ0) is 20.1. The zero-order valence-electron chi connectivity index (χ0n) is 17.1. The molecule has 1 N–H and O–H groups in total. The van der Waals surface area contributed by atoms with Gasteiger partial charge in [0.15, 0.2) is 0 Å². The van der Waals surface area contributed by atoms with E-state index in [1.54, 1.807) is 0 Å². The number of carboxylic acids is 1. The molecule has 28 heavy (non-hydrogen) atoms. The standard InChI is InChI=1S/C22H33N3O3/c1-17-4-3-5-18(14-17)15-21(26)25-9-8-20(19(16-25)6-7-22(27)28)24-12-10-23(2)11-13-24/h3-5,14,19-20H,6-13,15-16H2,1-2H3,(H,27,28)/t19-,20+/m1/s1. The van der Waals surface area contributed by atoms with Gasteiger partial charge in [-0.05, 0) is 38.3 Å². The van der Waals surface area contributed by atoms with Crippen molar-refractivity contribution in [3.63, 3.8) is 0 Å². The minimum Gasteiger partial charge on any atom is -0.481 e. The Bertz CT molecular complexity index is 685. The Hall–Kier alpha value is -1.92. The molecule has 0 radical (unpaired) electrons. The van der Waals surface area contributed by atoms with Crippen LogP contribution in [0.4, 0.5) is 0 Å². The zero-order valence-corrected chi connectivity index (χ0v) is 17.1. The highest BCUT2D eigenvalue weighted by atomic mass is 16.4. The Balaban J connectivity index is 1.64. The summed E-state index contributed by atoms with van der Waals surface area (Å²) in [6.45, 7) is 7.65. The van der Waals surface area contributed by atoms with Gasteiger partial charge >= 0.3 is 5.97 Å². The Morgan fingerprint density at radius 2 is 1.89 bits per heavy atom. The van der Waals surface area contributed by atoms with Crippen LogP contribution >= 0.6 is 0 Å². The number of likely N-dealkylation sites (tertiary alicyclic amines) is 1. The topological polar surface area (TPSA) is 64.1 Å². The third-order valence-electron chi connectivity index (χ3n) is 6.22. The fraction of sp³-hybridized carbons (Fsp3) is 0.636. The SMILES string of the molecule is Cc1cccc(CC(=O)N2CC[C@H](N3CCN(C)CC3)[C@H](CCC(=O)O)C2)c1. The summed E-state index contributed by atoms with van der Waals surface area (Å²) in [5.74, 6) is -0.363. The van der Waals surface area contributed by atoms with E-state index in [9.17, 15) is 14.7 Å². The van der Waals surface area contributed by atoms with Crippen LogP contribution in [0, 0.1) is 12.8 Å². The van der Waals surface area contributed by atoms with Crippen molar-refractivity contribution in [1.29, 1.82) is 0 Å². The van der Waals surface area contributed by atoms with E-state index >= 15 is 0 Å². The second kappa shape index (κ2) is 9.52. The largest absolute Gasteiger partial charge is 0.481 e. The fourth-order valence-electron chi connectivity index (χ4n) is 4.58. The molecule has 2 aliphatic heterocycles. The Kier molecular flexibility index (Phi) is 7.08. The number of amides is 1. The lowest BCUT2D eigenvalue weighted by molar-refractivity contribution is -0.137. The first kappa shape index (κ1) is 20.8. The van der Waals surface area contributed by atoms with Gasteiger partial charge in [-0.25, -0.2) is 0 Å². The number of hydrogen-bond donors (Lipinski definition) is 1. The second-order valence-electron chi connectivity index (χ2n) is 8.39. The first-order valence-electron chi connectivity index (χ1n) is 10.4. The molecule has 1 aromatic carbocycles. The molecule has 0 spiro atoms. The predicted molar refractivity (Wildman–Crippen MR) is 109 cm³/mol. The molecule has 1 amide bonds. The number of carbonyl (C=O) groups is 2. The quantitative estimate of drug-likeness (QED) is 0.807. The smallest absolute Gasteiger partial charge is 0.303 e. The Morgan fingerprint density at radius 1 is 1.14 bits per heavy atom. The number of benzene rings is 1. The molecule has 2 fully saturated rings. The van der Waals surface area contributed by atoms with Crippen molar-refractivity contribution in [3.8, 4) is 0 Å². The van der Waals surface area contributed by atoms with E-state index in [1.165, 1.54) is 5.56 Å². The number of piperazine rings is 1. The molecular weight excluding hydrogens is 354 g/mol. The number of carbonyl (C=O) groups excluding carboxylic acids is 1. The average molecular weight is 388 g/mol. The molecule has 0 aliphatic carbocycles. The highest BCUT2D eigenvalue weighted by Gasteiger charge is 2.35. The third kappa shape index (κ3) is 5.55. The number of aliphatic carboxylic acids is 1. The van der Waals surface area contributed by atoms with Crippen molar-refractivity contribution in [2.75, 3.05) is 46.3 Å². The minimum absolute atomic E-state index is 0.155. The number of hydrogen-bond acceptors (Lipinski definition) is 4. The van der Waals surface area contributed by atoms with Crippen LogP contribution in [0.25, 0.3) is 0 Å². The van der Waals surface area contributed by atoms with Crippen LogP contribution in [0.3, 0.4) is 0 Å². The van der Waals surface area contributed by atoms with Gasteiger partial charge in [-0.2, -0.15) is 0 Å². The Labute approximate surface area is 168 Å². The lowest BCUT2D eigenvalue weighted by Crippen LogP contribution is -2.57. The maximum absolute atomic E-state index is 12.9. The van der Waals surface area contributed by atoms with Crippen molar-refractivity contribution in [2.45, 2.75) is 38.6 Å². The van der Waals surface area contributed by atoms with Gasteiger partial charge in [-0.3, -0.25) is 14.5 Å². The maximum atomic E-state index is 12.9. The monoisotopic (exact) mass is 387 g/mol. The number of carboxylic acid groups (broad SMARTS) is 1. The number of piperidine rings is 1. The lowest BCUT2D eigenvalue weighted by Gasteiger charge is -2.46. The average Bonchev–Trinajstić information content (AvgIpc) is 2.67. The first-order valence-corrected chi connectivity index (χ1v) is 10.4. The van der Waals surface area contributed by atoms with Crippen LogP contribution < -0.4 is 0 Å². The summed E-state index contributed by atoms with van der Waals surface area (Å²) in [7, 11) is 2.14. The van der Waals surface area contributed by atoms with Crippen LogP contribution in [-0.2, 0) is 16.0 Å². The fourth-order valence-corrected chi connectivity index (χ4v) is 4.58. The molecule has 2 saturated heterocycles. The van der Waals surface area contributed by atoms with Crippen LogP contribution in [0.15, 0.2) is 24.3 Å². The van der Waals surface area contributed by atoms with Gasteiger partial charge < -0.3 is 14.9 Å². The summed E-state index contributed by atoms with van der Waals surface area (Å²) in [4.78, 5) is 30.9. The minimum atomic E-state index is -0.750. The molecule has 2 heterocycles. The number of likely N-dealkylation sites (N-methyl/N-ethyl adjacent to an activating group) is 1. The summed E-state index contributed by atoms with van der Waals surface area (Å²) in [5, 5.41) is 9.17. The Morgan fingerprint density at radius 3 is 2.57 bits per heavy atom. The molecule has 154 valence electrons. The summed E-state index contributed by atoms with van der Waals surface area (Å²) < 4.78 is 0. The normalized spacial score (nSPS) is 24.3. The van der Waals surface area contributed by atoms with Gasteiger partial charge in [0.2, 0.25) is 5.91 Å². The van der Waals surface area contributed by atoms with Gasteiger partial charge in [0.1, 0.15) is 0 Å². The van der Waals surface area contributed by atoms with Crippen molar-refractivity contribution < 1.29 is 14.7 Å². The van der Waals surface area contributed by atoms with Crippen LogP contribution in [-0.4, -0.2) is 84.0 Å². The number of aryl methyl sites for hydroxylation is 1. The van der Waals surface area contributed by atoms with E-state index in [-0.39, 0.29) is 18.2 Å². The predicted octanol–water partition coefficient (Wildman–Crippen LogP) is 1.87. The van der Waals surface area contributed by atoms with E-state index in [2.05, 4.69) is 22.9 Å². The second-order valence-corrected chi connectivity index (χ2v) is 8.39. The van der Waals surface area contributed by atoms with Gasteiger partial charge in [-0.1, -0.05) is 29.8 Å². The highest BCUT2D eigenvalue weighted by Crippen LogP contribution is 2.27. The van der Waals surface area contributed by atoms with Gasteiger partial charge in [0, 0.05) is 51.7 Å². The van der Waals surface area contributed by atoms with Crippen LogP contribution in [0.5, 0.6) is 0 Å². The van der Waals surface area contributed by atoms with Crippen LogP contribution in [0.2, 0.25) is 0 Å². The van der Waals surface area contributed by atoms with Gasteiger partial charge in [0.25, 0.3) is 0 Å². The molecule has 6 nitrogen and oxygen atoms in total. The van der Waals surface area contributed by atoms with E-state index in [4.69, 9.17) is 0 Å². The van der Waals surface area contributed by atoms with Crippen molar-refractivity contribution in [3.05, 3.63) is 35.4 Å². The molecule has 0 bridgehead atoms. The van der Waals surface area contributed by atoms with E-state index in [1.807, 2.05) is 30.0 Å². The number of rotatable bonds is 6. The number of nitrogens with zero attached hydrogens (tertiary/aromatic N) is 3. The molecular formula is C22H33N3O3. The summed E-state index contributed by atoms with van der Waals surface area (Å²) >= 11 is 0. The molecule has 0 unspecified atom stereocenters. The lowest BCUT2D eigenvalue weighted by atomic mass is 9.86. The molecule has 0 saturated carbocycles. The molecule has 1 aromatic rings. The van der Waals surface area contributed by atoms with E-state index in [0.717, 1.165) is 44.7 Å². The third-order valence-corrected chi connectivity index (χ3v) is 6.22. The molecule has 3 rings (SSSR count). The van der Waals surface area contributed by atoms with Crippen LogP contribution in [0.1, 0.15) is 30.4 Å². The molecule has 6 heteroatoms. The summed E-state index contributed by atoms with van der Waals surface area (Å²) in [6.07, 6.45) is 2.18.